The molecule has 3 atom stereocenters. The number of hydrogen-bond acceptors (Lipinski definition) is 20. The van der Waals surface area contributed by atoms with Crippen molar-refractivity contribution >= 4 is 51.3 Å². The zero-order valence-corrected chi connectivity index (χ0v) is 57.7. The summed E-state index contributed by atoms with van der Waals surface area (Å²) in [6.45, 7) is 34.1. The van der Waals surface area contributed by atoms with Gasteiger partial charge in [0.05, 0.1) is 70.5 Å². The first-order chi connectivity index (χ1) is 46.8. The zero-order chi connectivity index (χ0) is 66.3. The van der Waals surface area contributed by atoms with Crippen LogP contribution in [0.3, 0.4) is 0 Å². The van der Waals surface area contributed by atoms with Gasteiger partial charge in [-0.15, -0.1) is 0 Å². The first-order valence-electron chi connectivity index (χ1n) is 35.7. The van der Waals surface area contributed by atoms with E-state index in [1.807, 2.05) is 24.3 Å². The molecule has 0 amide bonds. The van der Waals surface area contributed by atoms with E-state index in [1.54, 1.807) is 12.1 Å². The average molecular weight is 1310 g/mol. The molecule has 0 spiro atoms. The van der Waals surface area contributed by atoms with E-state index in [9.17, 15) is 10.1 Å². The molecule has 21 nitrogen and oxygen atoms in total. The van der Waals surface area contributed by atoms with Crippen molar-refractivity contribution in [3.05, 3.63) is 137 Å². The third-order valence-corrected chi connectivity index (χ3v) is 19.4. The summed E-state index contributed by atoms with van der Waals surface area (Å²) < 4.78 is 18.1. The van der Waals surface area contributed by atoms with Gasteiger partial charge < -0.3 is 53.2 Å². The topological polar surface area (TPSA) is 165 Å². The molecule has 0 bridgehead atoms. The van der Waals surface area contributed by atoms with Crippen molar-refractivity contribution in [2.24, 2.45) is 15.5 Å². The molecule has 0 N–H and O–H groups in total. The monoisotopic (exact) mass is 1310 g/mol. The van der Waals surface area contributed by atoms with Gasteiger partial charge in [0.2, 0.25) is 0 Å². The SMILES string of the molecule is CC(C)Oc1ccccc1N1CCN(CC2CC(CN3CCCCC3)=NO2)CC1.CC(C)Oc1ccccc1N1CCN(CC2CC(CN3CCc4ccc([N+](=O)[O-])cc43)=NO2)CC1.CC(C)Oc1ccccc1N1CCN(CC2CC(CN3CCc4ccccc43)=NO2)CC1. The summed E-state index contributed by atoms with van der Waals surface area (Å²) in [6, 6.07) is 38.9. The number of hydrogen-bond donors (Lipinski definition) is 0. The summed E-state index contributed by atoms with van der Waals surface area (Å²) in [5.74, 6) is 2.92. The highest BCUT2D eigenvalue weighted by atomic mass is 16.7. The van der Waals surface area contributed by atoms with Crippen LogP contribution in [0.1, 0.15) is 91.2 Å². The Morgan fingerprint density at radius 3 is 1.19 bits per heavy atom. The molecule has 9 aliphatic rings. The number of nitrogens with zero attached hydrogens (tertiary/aromatic N) is 13. The molecule has 4 saturated heterocycles. The molecule has 96 heavy (non-hydrogen) atoms. The van der Waals surface area contributed by atoms with Gasteiger partial charge in [-0.3, -0.25) is 29.7 Å². The number of ether oxygens (including phenoxy) is 3. The third kappa shape index (κ3) is 18.4. The third-order valence-electron chi connectivity index (χ3n) is 19.4. The molecular formula is C75H103N13O8. The molecule has 9 heterocycles. The second-order valence-electron chi connectivity index (χ2n) is 27.9. The first-order valence-corrected chi connectivity index (χ1v) is 35.7. The van der Waals surface area contributed by atoms with Crippen LogP contribution < -0.4 is 38.7 Å². The summed E-state index contributed by atoms with van der Waals surface area (Å²) in [4.78, 5) is 50.1. The molecule has 5 aromatic carbocycles. The summed E-state index contributed by atoms with van der Waals surface area (Å²) in [6.07, 6.45) is 9.75. The predicted molar refractivity (Wildman–Crippen MR) is 385 cm³/mol. The maximum absolute atomic E-state index is 11.2. The highest BCUT2D eigenvalue weighted by Crippen LogP contribution is 2.36. The van der Waals surface area contributed by atoms with Gasteiger partial charge in [0, 0.05) is 161 Å². The Balaban J connectivity index is 0.000000138. The Morgan fingerprint density at radius 2 is 0.781 bits per heavy atom. The molecule has 516 valence electrons. The van der Waals surface area contributed by atoms with E-state index in [0.29, 0.717) is 6.54 Å². The van der Waals surface area contributed by atoms with Crippen molar-refractivity contribution in [2.45, 2.75) is 130 Å². The number of likely N-dealkylation sites (tertiary alicyclic amines) is 1. The van der Waals surface area contributed by atoms with Gasteiger partial charge in [-0.05, 0) is 134 Å². The highest BCUT2D eigenvalue weighted by molar-refractivity contribution is 5.91. The lowest BCUT2D eigenvalue weighted by atomic mass is 10.1. The minimum Gasteiger partial charge on any atom is -0.489 e. The highest BCUT2D eigenvalue weighted by Gasteiger charge is 2.33. The quantitative estimate of drug-likeness (QED) is 0.0474. The van der Waals surface area contributed by atoms with Crippen LogP contribution in [-0.4, -0.2) is 222 Å². The normalized spacial score (nSPS) is 21.5. The van der Waals surface area contributed by atoms with Crippen molar-refractivity contribution < 1.29 is 33.6 Å². The molecule has 0 radical (unpaired) electrons. The summed E-state index contributed by atoms with van der Waals surface area (Å²) in [5.41, 5.74) is 12.0. The fourth-order valence-electron chi connectivity index (χ4n) is 14.7. The number of nitro benzene ring substituents is 1. The van der Waals surface area contributed by atoms with Crippen molar-refractivity contribution in [2.75, 3.05) is 168 Å². The number of fused-ring (bicyclic) bond motifs is 2. The number of oxime groups is 3. The average Bonchev–Trinajstić information content (AvgIpc) is 1.72. The largest absolute Gasteiger partial charge is 0.489 e. The Hall–Kier alpha value is -7.85. The van der Waals surface area contributed by atoms with Crippen LogP contribution in [-0.2, 0) is 27.4 Å². The minimum atomic E-state index is -0.335. The standard InChI is InChI=1S/C26H33N5O4.C26H34N4O2.C23H36N4O2/c1-19(2)34-26-6-4-3-5-24(26)29-13-11-28(12-14-29)18-23-15-21(27-35-23)17-30-10-9-20-7-8-22(31(32)33)16-25(20)30;1-20(2)31-26-10-6-5-9-25(26)29-15-13-28(14-16-29)19-23-17-22(27-32-23)18-30-12-11-21-7-3-4-8-24(21)30;1-19(2)28-23-9-5-4-8-22(23)27-14-12-26(13-15-27)18-21-16-20(24-29-21)17-25-10-6-3-7-11-25/h3-8,16,19,23H,9-15,17-18H2,1-2H3;3-10,20,23H,11-19H2,1-2H3;4-5,8-9,19,21H,3,6-7,10-18H2,1-2H3. The molecule has 14 rings (SSSR count). The molecule has 9 aliphatic heterocycles. The number of benzene rings is 5. The van der Waals surface area contributed by atoms with Crippen molar-refractivity contribution in [1.82, 2.24) is 19.6 Å². The van der Waals surface area contributed by atoms with E-state index in [0.717, 1.165) is 196 Å². The zero-order valence-electron chi connectivity index (χ0n) is 57.7. The molecule has 5 aromatic rings. The van der Waals surface area contributed by atoms with Gasteiger partial charge in [0.25, 0.3) is 5.69 Å². The molecule has 4 fully saturated rings. The number of rotatable bonds is 22. The maximum atomic E-state index is 11.2. The molecule has 0 aromatic heterocycles. The Morgan fingerprint density at radius 1 is 0.417 bits per heavy atom. The number of piperidine rings is 1. The van der Waals surface area contributed by atoms with Crippen molar-refractivity contribution in [1.29, 1.82) is 0 Å². The lowest BCUT2D eigenvalue weighted by Gasteiger charge is -2.37. The fourth-order valence-corrected chi connectivity index (χ4v) is 14.7. The van der Waals surface area contributed by atoms with Gasteiger partial charge >= 0.3 is 0 Å². The lowest BCUT2D eigenvalue weighted by molar-refractivity contribution is -0.384. The van der Waals surface area contributed by atoms with Gasteiger partial charge in [0.1, 0.15) is 35.6 Å². The van der Waals surface area contributed by atoms with E-state index in [1.165, 1.54) is 66.4 Å². The first kappa shape index (κ1) is 68.1. The number of piperazine rings is 3. The second-order valence-corrected chi connectivity index (χ2v) is 27.9. The van der Waals surface area contributed by atoms with Crippen molar-refractivity contribution in [3.8, 4) is 17.2 Å². The van der Waals surface area contributed by atoms with Gasteiger partial charge in [-0.1, -0.05) is 82.6 Å². The molecule has 21 heteroatoms. The number of non-ortho nitro benzene ring substituents is 1. The number of nitro groups is 1. The van der Waals surface area contributed by atoms with E-state index in [4.69, 9.17) is 28.7 Å². The minimum absolute atomic E-state index is 0.0558. The van der Waals surface area contributed by atoms with Crippen LogP contribution in [0.2, 0.25) is 0 Å². The fraction of sp³-hybridized carbons (Fsp3) is 0.560. The Kier molecular flexibility index (Phi) is 23.4. The smallest absolute Gasteiger partial charge is 0.271 e. The van der Waals surface area contributed by atoms with Crippen LogP contribution in [0.4, 0.5) is 34.1 Å². The number of para-hydroxylation sites is 7. The van der Waals surface area contributed by atoms with E-state index in [2.05, 4.69) is 180 Å². The Labute approximate surface area is 569 Å². The molecule has 0 aliphatic carbocycles. The van der Waals surface area contributed by atoms with Crippen LogP contribution in [0, 0.1) is 10.1 Å². The van der Waals surface area contributed by atoms with Gasteiger partial charge in [-0.2, -0.15) is 0 Å². The second kappa shape index (κ2) is 32.9. The Bertz CT molecular complexity index is 3430. The van der Waals surface area contributed by atoms with E-state index in [-0.39, 0.29) is 47.2 Å². The molecular weight excluding hydrogens is 1210 g/mol. The van der Waals surface area contributed by atoms with Crippen LogP contribution >= 0.6 is 0 Å². The maximum Gasteiger partial charge on any atom is 0.271 e. The number of anilines is 5. The summed E-state index contributed by atoms with van der Waals surface area (Å²) in [5, 5.41) is 24.4. The van der Waals surface area contributed by atoms with Crippen LogP contribution in [0.5, 0.6) is 17.2 Å². The predicted octanol–water partition coefficient (Wildman–Crippen LogP) is 10.7. The van der Waals surface area contributed by atoms with Crippen LogP contribution in [0.25, 0.3) is 0 Å². The molecule has 0 saturated carbocycles. The van der Waals surface area contributed by atoms with Crippen LogP contribution in [0.15, 0.2) is 131 Å². The van der Waals surface area contributed by atoms with Gasteiger partial charge in [-0.25, -0.2) is 0 Å². The van der Waals surface area contributed by atoms with E-state index >= 15 is 0 Å². The molecule has 3 unspecified atom stereocenters. The summed E-state index contributed by atoms with van der Waals surface area (Å²) >= 11 is 0. The lowest BCUT2D eigenvalue weighted by Crippen LogP contribution is -2.48. The van der Waals surface area contributed by atoms with E-state index < -0.39 is 0 Å². The van der Waals surface area contributed by atoms with Gasteiger partial charge in [0.15, 0.2) is 0 Å². The summed E-state index contributed by atoms with van der Waals surface area (Å²) in [7, 11) is 0. The van der Waals surface area contributed by atoms with Crippen molar-refractivity contribution in [3.63, 3.8) is 0 Å².